The molecule has 1 N–H and O–H groups in total. The minimum atomic E-state index is -0.353. The van der Waals surface area contributed by atoms with Gasteiger partial charge in [0.2, 0.25) is 11.5 Å². The third-order valence-electron chi connectivity index (χ3n) is 3.75. The maximum atomic E-state index is 13.3. The fraction of sp³-hybridized carbons (Fsp3) is 0.167. The summed E-state index contributed by atoms with van der Waals surface area (Å²) in [6.07, 6.45) is 0. The van der Waals surface area contributed by atoms with Crippen molar-refractivity contribution in [1.82, 2.24) is 4.98 Å². The molecule has 3 rings (SSSR count). The lowest BCUT2D eigenvalue weighted by Crippen LogP contribution is -2.04. The highest BCUT2D eigenvalue weighted by Crippen LogP contribution is 2.38. The third kappa shape index (κ3) is 2.67. The molecule has 0 unspecified atom stereocenters. The van der Waals surface area contributed by atoms with Gasteiger partial charge < -0.3 is 19.2 Å². The molecule has 1 heterocycles. The summed E-state index contributed by atoms with van der Waals surface area (Å²) in [7, 11) is 4.46. The van der Waals surface area contributed by atoms with Gasteiger partial charge in [0, 0.05) is 16.5 Å². The van der Waals surface area contributed by atoms with Crippen LogP contribution in [0.1, 0.15) is 16.1 Å². The number of fused-ring (bicyclic) bond motifs is 1. The number of hydrogen-bond donors (Lipinski definition) is 1. The summed E-state index contributed by atoms with van der Waals surface area (Å²) in [5, 5.41) is 0.630. The highest BCUT2D eigenvalue weighted by Gasteiger charge is 2.19. The van der Waals surface area contributed by atoms with Crippen molar-refractivity contribution in [2.24, 2.45) is 0 Å². The van der Waals surface area contributed by atoms with Crippen molar-refractivity contribution in [3.63, 3.8) is 0 Å². The number of methoxy groups -OCH3 is 3. The monoisotopic (exact) mass is 329 g/mol. The molecule has 3 aromatic rings. The van der Waals surface area contributed by atoms with Crippen molar-refractivity contribution < 1.29 is 23.4 Å². The highest BCUT2D eigenvalue weighted by atomic mass is 19.1. The minimum Gasteiger partial charge on any atom is -0.493 e. The second-order valence-electron chi connectivity index (χ2n) is 5.16. The van der Waals surface area contributed by atoms with Gasteiger partial charge in [-0.1, -0.05) is 0 Å². The second-order valence-corrected chi connectivity index (χ2v) is 5.16. The predicted octanol–water partition coefficient (Wildman–Crippen LogP) is 3.56. The van der Waals surface area contributed by atoms with Crippen molar-refractivity contribution in [2.75, 3.05) is 21.3 Å². The van der Waals surface area contributed by atoms with E-state index in [1.807, 2.05) is 0 Å². The number of aromatic nitrogens is 1. The number of carbonyl (C=O) groups excluding carboxylic acids is 1. The van der Waals surface area contributed by atoms with Crippen molar-refractivity contribution in [1.29, 1.82) is 0 Å². The molecule has 5 nitrogen and oxygen atoms in total. The zero-order chi connectivity index (χ0) is 17.3. The van der Waals surface area contributed by atoms with E-state index < -0.39 is 0 Å². The molecule has 0 radical (unpaired) electrons. The zero-order valence-corrected chi connectivity index (χ0v) is 13.5. The number of ketones is 1. The minimum absolute atomic E-state index is 0.258. The van der Waals surface area contributed by atoms with E-state index in [4.69, 9.17) is 14.2 Å². The first kappa shape index (κ1) is 15.9. The van der Waals surface area contributed by atoms with Gasteiger partial charge in [-0.05, 0) is 36.4 Å². The molecule has 0 aliphatic heterocycles. The Morgan fingerprint density at radius 2 is 1.62 bits per heavy atom. The molecule has 24 heavy (non-hydrogen) atoms. The number of hydrogen-bond acceptors (Lipinski definition) is 4. The Bertz CT molecular complexity index is 892. The lowest BCUT2D eigenvalue weighted by molar-refractivity contribution is 0.103. The number of ether oxygens (including phenoxy) is 3. The molecular formula is C18H16FNO4. The number of rotatable bonds is 5. The van der Waals surface area contributed by atoms with E-state index in [0.717, 1.165) is 0 Å². The van der Waals surface area contributed by atoms with Crippen molar-refractivity contribution in [3.05, 3.63) is 53.5 Å². The summed E-state index contributed by atoms with van der Waals surface area (Å²) in [5.41, 5.74) is 1.41. The van der Waals surface area contributed by atoms with Crippen molar-refractivity contribution in [3.8, 4) is 17.2 Å². The largest absolute Gasteiger partial charge is 0.493 e. The second kappa shape index (κ2) is 6.23. The van der Waals surface area contributed by atoms with Crippen LogP contribution < -0.4 is 14.2 Å². The maximum Gasteiger partial charge on any atom is 0.209 e. The molecule has 0 spiro atoms. The molecule has 124 valence electrons. The van der Waals surface area contributed by atoms with E-state index in [-0.39, 0.29) is 11.6 Å². The van der Waals surface area contributed by atoms with Crippen LogP contribution >= 0.6 is 0 Å². The molecule has 0 aliphatic carbocycles. The summed E-state index contributed by atoms with van der Waals surface area (Å²) >= 11 is 0. The summed E-state index contributed by atoms with van der Waals surface area (Å²) in [6.45, 7) is 0. The molecule has 6 heteroatoms. The number of aromatic amines is 1. The maximum absolute atomic E-state index is 13.3. The summed E-state index contributed by atoms with van der Waals surface area (Å²) in [5.74, 6) is 0.583. The Morgan fingerprint density at radius 3 is 2.21 bits per heavy atom. The summed E-state index contributed by atoms with van der Waals surface area (Å²) in [6, 6.07) is 9.08. The standard InChI is InChI=1S/C18H16FNO4/c1-22-15-8-11(9-16(23-2)18(15)24-3)17(21)14-7-10-6-12(19)4-5-13(10)20-14/h4-9,20H,1-3H3. The number of benzene rings is 2. The van der Waals surface area contributed by atoms with Crippen LogP contribution in [0.5, 0.6) is 17.2 Å². The number of nitrogens with one attached hydrogen (secondary N) is 1. The van der Waals surface area contributed by atoms with Crippen LogP contribution in [-0.4, -0.2) is 32.1 Å². The van der Waals surface area contributed by atoms with Crippen LogP contribution in [0.2, 0.25) is 0 Å². The van der Waals surface area contributed by atoms with Gasteiger partial charge in [0.05, 0.1) is 27.0 Å². The van der Waals surface area contributed by atoms with E-state index >= 15 is 0 Å². The first-order valence-electron chi connectivity index (χ1n) is 7.20. The van der Waals surface area contributed by atoms with E-state index in [0.29, 0.717) is 39.4 Å². The molecular weight excluding hydrogens is 313 g/mol. The molecule has 0 bridgehead atoms. The third-order valence-corrected chi connectivity index (χ3v) is 3.75. The lowest BCUT2D eigenvalue weighted by Gasteiger charge is -2.13. The molecule has 0 fully saturated rings. The quantitative estimate of drug-likeness (QED) is 0.727. The molecule has 0 saturated carbocycles. The van der Waals surface area contributed by atoms with E-state index in [1.54, 1.807) is 24.3 Å². The Kier molecular flexibility index (Phi) is 4.12. The van der Waals surface area contributed by atoms with Gasteiger partial charge in [0.25, 0.3) is 0 Å². The zero-order valence-electron chi connectivity index (χ0n) is 13.5. The van der Waals surface area contributed by atoms with Gasteiger partial charge in [-0.15, -0.1) is 0 Å². The van der Waals surface area contributed by atoms with Crippen LogP contribution in [0.25, 0.3) is 10.9 Å². The van der Waals surface area contributed by atoms with Crippen molar-refractivity contribution >= 4 is 16.7 Å². The summed E-state index contributed by atoms with van der Waals surface area (Å²) in [4.78, 5) is 15.8. The molecule has 2 aromatic carbocycles. The van der Waals surface area contributed by atoms with Crippen LogP contribution in [0.3, 0.4) is 0 Å². The Balaban J connectivity index is 2.08. The van der Waals surface area contributed by atoms with Crippen LogP contribution in [0, 0.1) is 5.82 Å². The average Bonchev–Trinajstić information content (AvgIpc) is 3.02. The molecule has 0 amide bonds. The normalized spacial score (nSPS) is 10.7. The average molecular weight is 329 g/mol. The van der Waals surface area contributed by atoms with Gasteiger partial charge in [0.1, 0.15) is 5.82 Å². The molecule has 0 atom stereocenters. The number of halogens is 1. The molecule has 1 aromatic heterocycles. The SMILES string of the molecule is COc1cc(C(=O)c2cc3cc(F)ccc3[nH]2)cc(OC)c1OC. The van der Waals surface area contributed by atoms with E-state index in [1.165, 1.54) is 33.5 Å². The number of H-pyrrole nitrogens is 1. The summed E-state index contributed by atoms with van der Waals surface area (Å²) < 4.78 is 29.1. The lowest BCUT2D eigenvalue weighted by atomic mass is 10.1. The van der Waals surface area contributed by atoms with Gasteiger partial charge in [-0.2, -0.15) is 0 Å². The number of carbonyl (C=O) groups is 1. The van der Waals surface area contributed by atoms with E-state index in [9.17, 15) is 9.18 Å². The van der Waals surface area contributed by atoms with Gasteiger partial charge in [0.15, 0.2) is 11.5 Å². The first-order chi connectivity index (χ1) is 11.6. The van der Waals surface area contributed by atoms with Crippen LogP contribution in [0.15, 0.2) is 36.4 Å². The molecule has 0 saturated heterocycles. The van der Waals surface area contributed by atoms with Gasteiger partial charge >= 0.3 is 0 Å². The molecule has 0 aliphatic rings. The predicted molar refractivity (Wildman–Crippen MR) is 87.8 cm³/mol. The Hall–Kier alpha value is -3.02. The van der Waals surface area contributed by atoms with Gasteiger partial charge in [-0.25, -0.2) is 4.39 Å². The van der Waals surface area contributed by atoms with Crippen LogP contribution in [0.4, 0.5) is 4.39 Å². The first-order valence-corrected chi connectivity index (χ1v) is 7.20. The fourth-order valence-electron chi connectivity index (χ4n) is 2.59. The van der Waals surface area contributed by atoms with Crippen molar-refractivity contribution in [2.45, 2.75) is 0 Å². The van der Waals surface area contributed by atoms with E-state index in [2.05, 4.69) is 4.98 Å². The smallest absolute Gasteiger partial charge is 0.209 e. The van der Waals surface area contributed by atoms with Crippen LogP contribution in [-0.2, 0) is 0 Å². The highest BCUT2D eigenvalue weighted by molar-refractivity contribution is 6.10. The topological polar surface area (TPSA) is 60.6 Å². The fourth-order valence-corrected chi connectivity index (χ4v) is 2.59. The Labute approximate surface area is 138 Å². The van der Waals surface area contributed by atoms with Gasteiger partial charge in [-0.3, -0.25) is 4.79 Å². The Morgan fingerprint density at radius 1 is 0.958 bits per heavy atom.